The van der Waals surface area contributed by atoms with Crippen LogP contribution in [0.15, 0.2) is 66.7 Å². The Morgan fingerprint density at radius 2 is 1.76 bits per heavy atom. The molecule has 3 rings (SSSR count). The third-order valence-corrected chi connectivity index (χ3v) is 5.67. The van der Waals surface area contributed by atoms with Crippen molar-refractivity contribution in [3.63, 3.8) is 0 Å². The average Bonchev–Trinajstić information content (AvgIpc) is 2.82. The highest BCUT2D eigenvalue weighted by molar-refractivity contribution is 7.92. The van der Waals surface area contributed by atoms with Gasteiger partial charge < -0.3 is 10.6 Å². The second-order valence-corrected chi connectivity index (χ2v) is 9.86. The highest BCUT2D eigenvalue weighted by atomic mass is 32.2. The fourth-order valence-corrected chi connectivity index (χ4v) is 3.97. The Hall–Kier alpha value is -3.93. The molecule has 0 aliphatic heterocycles. The molecule has 1 atom stereocenters. The van der Waals surface area contributed by atoms with Crippen LogP contribution >= 0.6 is 0 Å². The maximum Gasteiger partial charge on any atom is 0.433 e. The molecule has 37 heavy (non-hydrogen) atoms. The molecular weight excluding hydrogens is 512 g/mol. The maximum atomic E-state index is 14.3. The number of para-hydroxylation sites is 1. The third kappa shape index (κ3) is 8.04. The number of nitrogens with one attached hydrogen (secondary N) is 3. The Morgan fingerprint density at radius 3 is 2.41 bits per heavy atom. The first kappa shape index (κ1) is 27.7. The lowest BCUT2D eigenvalue weighted by molar-refractivity contribution is -0.141. The summed E-state index contributed by atoms with van der Waals surface area (Å²) >= 11 is 0. The van der Waals surface area contributed by atoms with Crippen LogP contribution < -0.4 is 15.4 Å². The summed E-state index contributed by atoms with van der Waals surface area (Å²) in [5, 5.41) is 5.45. The van der Waals surface area contributed by atoms with Crippen molar-refractivity contribution < 1.29 is 30.8 Å². The highest BCUT2D eigenvalue weighted by Gasteiger charge is 2.33. The van der Waals surface area contributed by atoms with Gasteiger partial charge in [0.25, 0.3) is 0 Å². The van der Waals surface area contributed by atoms with E-state index in [-0.39, 0.29) is 29.2 Å². The molecule has 196 valence electrons. The first-order valence-corrected chi connectivity index (χ1v) is 12.8. The average molecular weight is 537 g/mol. The molecule has 1 unspecified atom stereocenters. The number of carbonyl (C=O) groups is 1. The van der Waals surface area contributed by atoms with E-state index < -0.39 is 39.7 Å². The predicted octanol–water partition coefficient (Wildman–Crippen LogP) is 5.11. The Kier molecular flexibility index (Phi) is 8.53. The number of anilines is 2. The van der Waals surface area contributed by atoms with Crippen molar-refractivity contribution in [2.75, 3.05) is 16.3 Å². The zero-order valence-electron chi connectivity index (χ0n) is 19.8. The van der Waals surface area contributed by atoms with Crippen LogP contribution in [0.25, 0.3) is 6.08 Å². The summed E-state index contributed by atoms with van der Waals surface area (Å²) in [6, 6.07) is 14.1. The maximum absolute atomic E-state index is 14.3. The first-order valence-electron chi connectivity index (χ1n) is 10.9. The molecule has 0 radical (unpaired) electrons. The van der Waals surface area contributed by atoms with Gasteiger partial charge in [-0.25, -0.2) is 17.8 Å². The zero-order chi connectivity index (χ0) is 27.2. The Bertz CT molecular complexity index is 1390. The van der Waals surface area contributed by atoms with Gasteiger partial charge in [0.1, 0.15) is 17.3 Å². The van der Waals surface area contributed by atoms with E-state index in [0.717, 1.165) is 30.0 Å². The van der Waals surface area contributed by atoms with Crippen LogP contribution in [0, 0.1) is 5.82 Å². The van der Waals surface area contributed by atoms with Crippen molar-refractivity contribution in [3.8, 4) is 0 Å². The van der Waals surface area contributed by atoms with Crippen LogP contribution in [0.3, 0.4) is 0 Å². The van der Waals surface area contributed by atoms with Crippen molar-refractivity contribution in [3.05, 3.63) is 94.9 Å². The second-order valence-electron chi connectivity index (χ2n) is 8.11. The summed E-state index contributed by atoms with van der Waals surface area (Å²) in [4.78, 5) is 16.2. The van der Waals surface area contributed by atoms with Crippen LogP contribution in [0.5, 0.6) is 0 Å². The van der Waals surface area contributed by atoms with Gasteiger partial charge in [-0.2, -0.15) is 13.2 Å². The number of hydrogen-bond donors (Lipinski definition) is 3. The number of nitrogens with zero attached hydrogens (tertiary/aromatic N) is 1. The Labute approximate surface area is 211 Å². The molecule has 3 N–H and O–H groups in total. The first-order chi connectivity index (χ1) is 17.3. The molecule has 1 aromatic heterocycles. The fourth-order valence-electron chi connectivity index (χ4n) is 3.38. The van der Waals surface area contributed by atoms with Crippen molar-refractivity contribution in [1.82, 2.24) is 10.3 Å². The van der Waals surface area contributed by atoms with Gasteiger partial charge in [-0.05, 0) is 36.8 Å². The van der Waals surface area contributed by atoms with Gasteiger partial charge in [0, 0.05) is 23.7 Å². The highest BCUT2D eigenvalue weighted by Crippen LogP contribution is 2.30. The molecule has 0 bridgehead atoms. The van der Waals surface area contributed by atoms with Crippen molar-refractivity contribution in [1.29, 1.82) is 0 Å². The van der Waals surface area contributed by atoms with Gasteiger partial charge in [0.15, 0.2) is 0 Å². The minimum Gasteiger partial charge on any atom is -0.365 e. The molecule has 3 aromatic rings. The Morgan fingerprint density at radius 1 is 1.05 bits per heavy atom. The minimum atomic E-state index is -4.65. The molecular formula is C25H24F4N4O3S. The smallest absolute Gasteiger partial charge is 0.365 e. The molecule has 7 nitrogen and oxygen atoms in total. The van der Waals surface area contributed by atoms with E-state index in [0.29, 0.717) is 0 Å². The van der Waals surface area contributed by atoms with Gasteiger partial charge in [-0.3, -0.25) is 9.52 Å². The van der Waals surface area contributed by atoms with Gasteiger partial charge in [-0.15, -0.1) is 0 Å². The quantitative estimate of drug-likeness (QED) is 0.261. The van der Waals surface area contributed by atoms with Crippen LogP contribution in [0.2, 0.25) is 0 Å². The number of halogens is 4. The van der Waals surface area contributed by atoms with E-state index in [2.05, 4.69) is 20.3 Å². The summed E-state index contributed by atoms with van der Waals surface area (Å²) in [5.41, 5.74) is -0.140. The standard InChI is InChI=1S/C25H24F4N4O3S/c1-16(19-9-6-10-20(26)23(19)33-37(2,35)36)31-22(34)14-12-18-11-13-21(25(27,28)29)32-24(18)30-15-17-7-4-3-5-8-17/h3-14,16,33H,15H2,1-2H3,(H,30,32)(H,31,34). The van der Waals surface area contributed by atoms with E-state index in [4.69, 9.17) is 0 Å². The third-order valence-electron chi connectivity index (χ3n) is 5.09. The number of sulfonamides is 1. The summed E-state index contributed by atoms with van der Waals surface area (Å²) < 4.78 is 79.2. The lowest BCUT2D eigenvalue weighted by Crippen LogP contribution is -2.26. The number of hydrogen-bond acceptors (Lipinski definition) is 5. The lowest BCUT2D eigenvalue weighted by atomic mass is 10.1. The van der Waals surface area contributed by atoms with Crippen LogP contribution in [-0.4, -0.2) is 25.6 Å². The molecule has 12 heteroatoms. The van der Waals surface area contributed by atoms with Crippen molar-refractivity contribution in [2.45, 2.75) is 25.7 Å². The number of rotatable bonds is 9. The van der Waals surface area contributed by atoms with E-state index >= 15 is 0 Å². The number of carbonyl (C=O) groups excluding carboxylic acids is 1. The van der Waals surface area contributed by atoms with Crippen LogP contribution in [0.4, 0.5) is 29.1 Å². The molecule has 0 saturated carbocycles. The van der Waals surface area contributed by atoms with Crippen LogP contribution in [-0.2, 0) is 27.5 Å². The summed E-state index contributed by atoms with van der Waals surface area (Å²) in [7, 11) is -3.79. The second kappa shape index (κ2) is 11.4. The van der Waals surface area contributed by atoms with E-state index in [9.17, 15) is 30.8 Å². The predicted molar refractivity (Wildman–Crippen MR) is 133 cm³/mol. The largest absolute Gasteiger partial charge is 0.433 e. The lowest BCUT2D eigenvalue weighted by Gasteiger charge is -2.18. The SMILES string of the molecule is CC(NC(=O)C=Cc1ccc(C(F)(F)F)nc1NCc1ccccc1)c1cccc(F)c1NS(C)(=O)=O. The monoisotopic (exact) mass is 536 g/mol. The molecule has 1 amide bonds. The minimum absolute atomic E-state index is 0.0689. The fraction of sp³-hybridized carbons (Fsp3) is 0.200. The number of amides is 1. The topological polar surface area (TPSA) is 100 Å². The van der Waals surface area contributed by atoms with Crippen molar-refractivity contribution in [2.24, 2.45) is 0 Å². The summed E-state index contributed by atoms with van der Waals surface area (Å²) in [6.07, 6.45) is -1.39. The van der Waals surface area contributed by atoms with Crippen molar-refractivity contribution >= 4 is 33.5 Å². The normalized spacial score (nSPS) is 12.8. The van der Waals surface area contributed by atoms with E-state index in [1.165, 1.54) is 31.2 Å². The molecule has 0 aliphatic rings. The summed E-state index contributed by atoms with van der Waals surface area (Å²) in [5.74, 6) is -1.53. The summed E-state index contributed by atoms with van der Waals surface area (Å²) in [6.45, 7) is 1.73. The molecule has 0 saturated heterocycles. The molecule has 0 aliphatic carbocycles. The van der Waals surface area contributed by atoms with E-state index in [1.54, 1.807) is 24.3 Å². The number of aromatic nitrogens is 1. The van der Waals surface area contributed by atoms with Crippen LogP contribution in [0.1, 0.15) is 35.3 Å². The zero-order valence-corrected chi connectivity index (χ0v) is 20.6. The number of alkyl halides is 3. The number of benzene rings is 2. The molecule has 0 fully saturated rings. The molecule has 0 spiro atoms. The van der Waals surface area contributed by atoms with E-state index in [1.807, 2.05) is 6.07 Å². The molecule has 2 aromatic carbocycles. The molecule has 1 heterocycles. The van der Waals surface area contributed by atoms with Gasteiger partial charge >= 0.3 is 6.18 Å². The number of pyridine rings is 1. The Balaban J connectivity index is 1.80. The van der Waals surface area contributed by atoms with Gasteiger partial charge in [-0.1, -0.05) is 42.5 Å². The van der Waals surface area contributed by atoms with Gasteiger partial charge in [0.05, 0.1) is 18.0 Å². The van der Waals surface area contributed by atoms with Gasteiger partial charge in [0.2, 0.25) is 15.9 Å².